The van der Waals surface area contributed by atoms with Gasteiger partial charge in [-0.05, 0) is 42.7 Å². The first-order chi connectivity index (χ1) is 11.0. The quantitative estimate of drug-likeness (QED) is 0.731. The maximum absolute atomic E-state index is 13.5. The smallest absolute Gasteiger partial charge is 0.319 e. The van der Waals surface area contributed by atoms with E-state index in [4.69, 9.17) is 0 Å². The topological polar surface area (TPSA) is 61.4 Å². The van der Waals surface area contributed by atoms with Crippen molar-refractivity contribution < 1.29 is 18.7 Å². The van der Waals surface area contributed by atoms with Crippen LogP contribution in [0, 0.1) is 11.6 Å². The fourth-order valence-corrected chi connectivity index (χ4v) is 2.38. The van der Waals surface area contributed by atoms with Crippen molar-refractivity contribution in [2.75, 3.05) is 18.1 Å². The molecule has 0 aromatic heterocycles. The van der Waals surface area contributed by atoms with Gasteiger partial charge in [0.25, 0.3) is 0 Å². The summed E-state index contributed by atoms with van der Waals surface area (Å²) >= 11 is 1.58. The number of halogens is 2. The number of rotatable bonds is 5. The van der Waals surface area contributed by atoms with Crippen molar-refractivity contribution in [1.82, 2.24) is 5.32 Å². The van der Waals surface area contributed by atoms with Crippen LogP contribution < -0.4 is 10.6 Å². The average molecular weight is 338 g/mol. The van der Waals surface area contributed by atoms with Gasteiger partial charge < -0.3 is 15.7 Å². The summed E-state index contributed by atoms with van der Waals surface area (Å²) in [7, 11) is 0. The van der Waals surface area contributed by atoms with E-state index in [1.54, 1.807) is 23.9 Å². The molecule has 4 nitrogen and oxygen atoms in total. The number of carbonyl (C=O) groups excluding carboxylic acids is 1. The summed E-state index contributed by atoms with van der Waals surface area (Å²) < 4.78 is 27.0. The van der Waals surface area contributed by atoms with E-state index < -0.39 is 29.3 Å². The lowest BCUT2D eigenvalue weighted by Crippen LogP contribution is -2.32. The number of aliphatic hydroxyl groups is 1. The van der Waals surface area contributed by atoms with Gasteiger partial charge in [-0.1, -0.05) is 6.07 Å². The molecule has 0 aliphatic rings. The Morgan fingerprint density at radius 1 is 1.17 bits per heavy atom. The Hall–Kier alpha value is -2.12. The highest BCUT2D eigenvalue weighted by molar-refractivity contribution is 7.98. The first kappa shape index (κ1) is 17.2. The molecular weight excluding hydrogens is 322 g/mol. The zero-order valence-electron chi connectivity index (χ0n) is 12.3. The van der Waals surface area contributed by atoms with Crippen molar-refractivity contribution in [2.24, 2.45) is 0 Å². The zero-order chi connectivity index (χ0) is 16.8. The van der Waals surface area contributed by atoms with Crippen molar-refractivity contribution in [3.8, 4) is 0 Å². The Labute approximate surface area is 136 Å². The maximum Gasteiger partial charge on any atom is 0.319 e. The Morgan fingerprint density at radius 3 is 2.35 bits per heavy atom. The molecule has 2 aromatic rings. The lowest BCUT2D eigenvalue weighted by molar-refractivity contribution is 0.166. The lowest BCUT2D eigenvalue weighted by atomic mass is 10.1. The van der Waals surface area contributed by atoms with Crippen LogP contribution in [0.1, 0.15) is 11.7 Å². The largest absolute Gasteiger partial charge is 0.386 e. The number of amides is 2. The van der Waals surface area contributed by atoms with Gasteiger partial charge in [-0.2, -0.15) is 0 Å². The fraction of sp³-hybridized carbons (Fsp3) is 0.188. The van der Waals surface area contributed by atoms with Gasteiger partial charge in [-0.15, -0.1) is 11.8 Å². The van der Waals surface area contributed by atoms with E-state index in [0.717, 1.165) is 17.0 Å². The molecular formula is C16H16F2N2O2S. The molecule has 0 saturated heterocycles. The first-order valence-corrected chi connectivity index (χ1v) is 8.04. The number of anilines is 1. The number of benzene rings is 2. The Morgan fingerprint density at radius 2 is 1.78 bits per heavy atom. The van der Waals surface area contributed by atoms with E-state index >= 15 is 0 Å². The highest BCUT2D eigenvalue weighted by atomic mass is 32.2. The number of aliphatic hydroxyl groups excluding tert-OH is 1. The lowest BCUT2D eigenvalue weighted by Gasteiger charge is -2.14. The van der Waals surface area contributed by atoms with Crippen molar-refractivity contribution in [1.29, 1.82) is 0 Å². The van der Waals surface area contributed by atoms with E-state index in [9.17, 15) is 18.7 Å². The minimum atomic E-state index is -1.47. The van der Waals surface area contributed by atoms with Crippen LogP contribution in [0.3, 0.4) is 0 Å². The number of hydrogen-bond acceptors (Lipinski definition) is 3. The molecule has 7 heteroatoms. The maximum atomic E-state index is 13.5. The molecule has 0 heterocycles. The molecule has 0 bridgehead atoms. The number of urea groups is 1. The minimum Gasteiger partial charge on any atom is -0.386 e. The average Bonchev–Trinajstić information content (AvgIpc) is 2.53. The highest BCUT2D eigenvalue weighted by Crippen LogP contribution is 2.20. The van der Waals surface area contributed by atoms with Gasteiger partial charge in [-0.3, -0.25) is 0 Å². The fourth-order valence-electron chi connectivity index (χ4n) is 1.97. The van der Waals surface area contributed by atoms with Gasteiger partial charge in [0, 0.05) is 17.1 Å². The third-order valence-electron chi connectivity index (χ3n) is 3.14. The van der Waals surface area contributed by atoms with Crippen molar-refractivity contribution in [2.45, 2.75) is 11.0 Å². The van der Waals surface area contributed by atoms with Gasteiger partial charge in [0.05, 0.1) is 5.56 Å². The predicted molar refractivity (Wildman–Crippen MR) is 86.6 cm³/mol. The van der Waals surface area contributed by atoms with Gasteiger partial charge >= 0.3 is 6.03 Å². The number of thioether (sulfide) groups is 1. The molecule has 122 valence electrons. The molecule has 23 heavy (non-hydrogen) atoms. The second kappa shape index (κ2) is 7.94. The van der Waals surface area contributed by atoms with Crippen LogP contribution in [0.25, 0.3) is 0 Å². The SMILES string of the molecule is CSc1ccc(NC(=O)NCC(O)c2c(F)cccc2F)cc1. The van der Waals surface area contributed by atoms with Crippen molar-refractivity contribution in [3.63, 3.8) is 0 Å². The van der Waals surface area contributed by atoms with Crippen LogP contribution in [0.2, 0.25) is 0 Å². The Kier molecular flexibility index (Phi) is 5.95. The van der Waals surface area contributed by atoms with E-state index in [2.05, 4.69) is 10.6 Å². The van der Waals surface area contributed by atoms with Crippen LogP contribution in [0.15, 0.2) is 47.4 Å². The van der Waals surface area contributed by atoms with Gasteiger partial charge in [0.15, 0.2) is 0 Å². The van der Waals surface area contributed by atoms with Crippen LogP contribution in [-0.2, 0) is 0 Å². The van der Waals surface area contributed by atoms with Crippen LogP contribution in [-0.4, -0.2) is 23.9 Å². The zero-order valence-corrected chi connectivity index (χ0v) is 13.2. The summed E-state index contributed by atoms with van der Waals surface area (Å²) in [5.41, 5.74) is 0.115. The Balaban J connectivity index is 1.90. The van der Waals surface area contributed by atoms with Crippen molar-refractivity contribution in [3.05, 3.63) is 59.7 Å². The molecule has 0 aliphatic carbocycles. The van der Waals surface area contributed by atoms with Gasteiger partial charge in [0.1, 0.15) is 17.7 Å². The number of carbonyl (C=O) groups is 1. The first-order valence-electron chi connectivity index (χ1n) is 6.82. The Bertz CT molecular complexity index is 660. The normalized spacial score (nSPS) is 11.8. The van der Waals surface area contributed by atoms with Crippen LogP contribution in [0.5, 0.6) is 0 Å². The molecule has 0 fully saturated rings. The summed E-state index contributed by atoms with van der Waals surface area (Å²) in [6.45, 7) is -0.313. The molecule has 0 saturated carbocycles. The highest BCUT2D eigenvalue weighted by Gasteiger charge is 2.18. The summed E-state index contributed by atoms with van der Waals surface area (Å²) in [5, 5.41) is 14.8. The summed E-state index contributed by atoms with van der Waals surface area (Å²) in [6.07, 6.45) is 0.471. The summed E-state index contributed by atoms with van der Waals surface area (Å²) in [5.74, 6) is -1.71. The molecule has 3 N–H and O–H groups in total. The van der Waals surface area contributed by atoms with E-state index in [1.807, 2.05) is 18.4 Å². The molecule has 1 unspecified atom stereocenters. The third kappa shape index (κ3) is 4.67. The molecule has 0 radical (unpaired) electrons. The number of nitrogens with one attached hydrogen (secondary N) is 2. The van der Waals surface area contributed by atoms with Gasteiger partial charge in [0.2, 0.25) is 0 Å². The number of hydrogen-bond donors (Lipinski definition) is 3. The van der Waals surface area contributed by atoms with E-state index in [1.165, 1.54) is 6.07 Å². The molecule has 2 rings (SSSR count). The molecule has 1 atom stereocenters. The van der Waals surface area contributed by atoms with E-state index in [-0.39, 0.29) is 6.54 Å². The molecule has 0 aliphatic heterocycles. The second-order valence-electron chi connectivity index (χ2n) is 4.71. The second-order valence-corrected chi connectivity index (χ2v) is 5.59. The van der Waals surface area contributed by atoms with Crippen molar-refractivity contribution >= 4 is 23.5 Å². The summed E-state index contributed by atoms with van der Waals surface area (Å²) in [4.78, 5) is 12.8. The van der Waals surface area contributed by atoms with Crippen LogP contribution >= 0.6 is 11.8 Å². The van der Waals surface area contributed by atoms with Crippen LogP contribution in [0.4, 0.5) is 19.3 Å². The van der Waals surface area contributed by atoms with Gasteiger partial charge in [-0.25, -0.2) is 13.6 Å². The minimum absolute atomic E-state index is 0.313. The third-order valence-corrected chi connectivity index (χ3v) is 3.88. The molecule has 2 amide bonds. The van der Waals surface area contributed by atoms with E-state index in [0.29, 0.717) is 5.69 Å². The molecule has 2 aromatic carbocycles. The standard InChI is InChI=1S/C16H16F2N2O2S/c1-23-11-7-5-10(6-8-11)20-16(22)19-9-14(21)15-12(17)3-2-4-13(15)18/h2-8,14,21H,9H2,1H3,(H2,19,20,22). The monoisotopic (exact) mass is 338 g/mol. The predicted octanol–water partition coefficient (Wildman–Crippen LogP) is 3.54. The molecule has 0 spiro atoms. The summed E-state index contributed by atoms with van der Waals surface area (Å²) in [6, 6.07) is 9.91.